The summed E-state index contributed by atoms with van der Waals surface area (Å²) >= 11 is 0. The molecule has 4 N–H and O–H groups in total. The first-order valence-electron chi connectivity index (χ1n) is 10.2. The zero-order valence-electron chi connectivity index (χ0n) is 17.0. The van der Waals surface area contributed by atoms with Crippen molar-refractivity contribution in [2.24, 2.45) is 5.73 Å². The first-order valence-corrected chi connectivity index (χ1v) is 10.2. The summed E-state index contributed by atoms with van der Waals surface area (Å²) in [7, 11) is 2.17. The molecule has 6 heteroatoms. The standard InChI is InChI=1S/C23H30N4O2/c1-27(20-8-3-2-4-9-20)16-19-7-5-6-10-21(19)26-22(28)18-13-11-17(12-14-18)15-25-23(24)29/h5-7,10-14,20H,2-4,8-9,15-16H2,1H3,(H,26,28)(H3,24,25,29). The highest BCUT2D eigenvalue weighted by molar-refractivity contribution is 6.04. The fourth-order valence-electron chi connectivity index (χ4n) is 3.86. The molecule has 0 aromatic heterocycles. The van der Waals surface area contributed by atoms with Gasteiger partial charge in [0.1, 0.15) is 0 Å². The van der Waals surface area contributed by atoms with E-state index in [1.807, 2.05) is 30.3 Å². The van der Waals surface area contributed by atoms with Crippen LogP contribution in [0.1, 0.15) is 53.6 Å². The number of primary amides is 1. The largest absolute Gasteiger partial charge is 0.352 e. The second kappa shape index (κ2) is 10.1. The summed E-state index contributed by atoms with van der Waals surface area (Å²) in [4.78, 5) is 25.9. The van der Waals surface area contributed by atoms with Gasteiger partial charge in [0.05, 0.1) is 0 Å². The monoisotopic (exact) mass is 394 g/mol. The minimum absolute atomic E-state index is 0.146. The molecule has 1 fully saturated rings. The molecule has 0 aliphatic heterocycles. The van der Waals surface area contributed by atoms with E-state index >= 15 is 0 Å². The van der Waals surface area contributed by atoms with Gasteiger partial charge in [-0.05, 0) is 49.2 Å². The van der Waals surface area contributed by atoms with E-state index < -0.39 is 6.03 Å². The number of para-hydroxylation sites is 1. The maximum absolute atomic E-state index is 12.7. The molecule has 0 bridgehead atoms. The van der Waals surface area contributed by atoms with Crippen LogP contribution in [0.4, 0.5) is 10.5 Å². The number of nitrogens with one attached hydrogen (secondary N) is 2. The molecular formula is C23H30N4O2. The lowest BCUT2D eigenvalue weighted by atomic mass is 9.94. The Balaban J connectivity index is 1.63. The molecule has 3 amide bonds. The molecule has 0 saturated heterocycles. The molecule has 6 nitrogen and oxygen atoms in total. The molecule has 2 aromatic rings. The second-order valence-electron chi connectivity index (χ2n) is 7.73. The first kappa shape index (κ1) is 20.9. The van der Waals surface area contributed by atoms with Gasteiger partial charge in [-0.25, -0.2) is 4.79 Å². The van der Waals surface area contributed by atoms with Gasteiger partial charge in [0.15, 0.2) is 0 Å². The third-order valence-electron chi connectivity index (χ3n) is 5.57. The van der Waals surface area contributed by atoms with Crippen molar-refractivity contribution in [1.82, 2.24) is 10.2 Å². The molecule has 0 atom stereocenters. The molecule has 1 saturated carbocycles. The Labute approximate surface area is 172 Å². The highest BCUT2D eigenvalue weighted by Crippen LogP contribution is 2.25. The highest BCUT2D eigenvalue weighted by Gasteiger charge is 2.19. The highest BCUT2D eigenvalue weighted by atomic mass is 16.2. The number of hydrogen-bond donors (Lipinski definition) is 3. The number of anilines is 1. The summed E-state index contributed by atoms with van der Waals surface area (Å²) in [6.45, 7) is 1.16. The number of carbonyl (C=O) groups is 2. The van der Waals surface area contributed by atoms with Crippen LogP contribution in [0.15, 0.2) is 48.5 Å². The summed E-state index contributed by atoms with van der Waals surface area (Å²) in [5.41, 5.74) is 8.51. The van der Waals surface area contributed by atoms with Crippen LogP contribution in [0.25, 0.3) is 0 Å². The van der Waals surface area contributed by atoms with Gasteiger partial charge >= 0.3 is 6.03 Å². The van der Waals surface area contributed by atoms with E-state index in [1.54, 1.807) is 12.1 Å². The third-order valence-corrected chi connectivity index (χ3v) is 5.57. The Kier molecular flexibility index (Phi) is 7.25. The molecule has 29 heavy (non-hydrogen) atoms. The number of hydrogen-bond acceptors (Lipinski definition) is 3. The van der Waals surface area contributed by atoms with E-state index in [0.717, 1.165) is 23.4 Å². The number of benzene rings is 2. The third kappa shape index (κ3) is 6.06. The summed E-state index contributed by atoms with van der Waals surface area (Å²) in [6, 6.07) is 15.2. The van der Waals surface area contributed by atoms with Crippen molar-refractivity contribution in [2.45, 2.75) is 51.2 Å². The zero-order chi connectivity index (χ0) is 20.6. The molecule has 0 unspecified atom stereocenters. The average Bonchev–Trinajstić information content (AvgIpc) is 2.74. The predicted octanol–water partition coefficient (Wildman–Crippen LogP) is 3.87. The van der Waals surface area contributed by atoms with Gasteiger partial charge in [0.2, 0.25) is 0 Å². The number of rotatable bonds is 7. The van der Waals surface area contributed by atoms with Gasteiger partial charge in [0, 0.05) is 30.4 Å². The number of carbonyl (C=O) groups excluding carboxylic acids is 2. The topological polar surface area (TPSA) is 87.5 Å². The van der Waals surface area contributed by atoms with Crippen LogP contribution in [0, 0.1) is 0 Å². The summed E-state index contributed by atoms with van der Waals surface area (Å²) in [5.74, 6) is -0.146. The van der Waals surface area contributed by atoms with Crippen LogP contribution in [0.5, 0.6) is 0 Å². The Morgan fingerprint density at radius 1 is 1.03 bits per heavy atom. The lowest BCUT2D eigenvalue weighted by Gasteiger charge is -2.31. The molecule has 1 aliphatic rings. The van der Waals surface area contributed by atoms with E-state index in [-0.39, 0.29) is 5.91 Å². The zero-order valence-corrected chi connectivity index (χ0v) is 17.0. The van der Waals surface area contributed by atoms with Crippen molar-refractivity contribution in [2.75, 3.05) is 12.4 Å². The van der Waals surface area contributed by atoms with Crippen LogP contribution in [0.3, 0.4) is 0 Å². The number of nitrogens with zero attached hydrogens (tertiary/aromatic N) is 1. The quantitative estimate of drug-likeness (QED) is 0.666. The van der Waals surface area contributed by atoms with Crippen molar-refractivity contribution in [3.05, 3.63) is 65.2 Å². The van der Waals surface area contributed by atoms with Crippen LogP contribution >= 0.6 is 0 Å². The van der Waals surface area contributed by atoms with E-state index in [4.69, 9.17) is 5.73 Å². The molecule has 0 heterocycles. The van der Waals surface area contributed by atoms with Gasteiger partial charge < -0.3 is 16.4 Å². The van der Waals surface area contributed by atoms with Crippen molar-refractivity contribution < 1.29 is 9.59 Å². The maximum Gasteiger partial charge on any atom is 0.312 e. The minimum Gasteiger partial charge on any atom is -0.352 e. The predicted molar refractivity (Wildman–Crippen MR) is 116 cm³/mol. The molecule has 0 spiro atoms. The SMILES string of the molecule is CN(Cc1ccccc1NC(=O)c1ccc(CNC(N)=O)cc1)C1CCCCC1. The van der Waals surface area contributed by atoms with Crippen molar-refractivity contribution in [3.63, 3.8) is 0 Å². The molecule has 1 aliphatic carbocycles. The van der Waals surface area contributed by atoms with Gasteiger partial charge in [0.25, 0.3) is 5.91 Å². The van der Waals surface area contributed by atoms with Gasteiger partial charge in [-0.2, -0.15) is 0 Å². The van der Waals surface area contributed by atoms with Crippen LogP contribution < -0.4 is 16.4 Å². The average molecular weight is 395 g/mol. The van der Waals surface area contributed by atoms with Gasteiger partial charge in [-0.15, -0.1) is 0 Å². The molecular weight excluding hydrogens is 364 g/mol. The second-order valence-corrected chi connectivity index (χ2v) is 7.73. The Hall–Kier alpha value is -2.86. The number of amides is 3. The lowest BCUT2D eigenvalue weighted by Crippen LogP contribution is -2.33. The smallest absolute Gasteiger partial charge is 0.312 e. The van der Waals surface area contributed by atoms with E-state index in [1.165, 1.54) is 32.1 Å². The molecule has 2 aromatic carbocycles. The Morgan fingerprint density at radius 2 is 1.72 bits per heavy atom. The fourth-order valence-corrected chi connectivity index (χ4v) is 3.86. The molecule has 154 valence electrons. The van der Waals surface area contributed by atoms with Crippen LogP contribution in [0.2, 0.25) is 0 Å². The minimum atomic E-state index is -0.568. The summed E-state index contributed by atoms with van der Waals surface area (Å²) in [6.07, 6.45) is 6.45. The summed E-state index contributed by atoms with van der Waals surface area (Å²) in [5, 5.41) is 5.59. The molecule has 3 rings (SSSR count). The van der Waals surface area contributed by atoms with E-state index in [2.05, 4.69) is 28.6 Å². The normalized spacial score (nSPS) is 14.6. The van der Waals surface area contributed by atoms with Gasteiger partial charge in [-0.1, -0.05) is 49.6 Å². The number of nitrogens with two attached hydrogens (primary N) is 1. The van der Waals surface area contributed by atoms with E-state index in [0.29, 0.717) is 18.2 Å². The molecule has 0 radical (unpaired) electrons. The summed E-state index contributed by atoms with van der Waals surface area (Å²) < 4.78 is 0. The van der Waals surface area contributed by atoms with E-state index in [9.17, 15) is 9.59 Å². The van der Waals surface area contributed by atoms with Crippen LogP contribution in [-0.2, 0) is 13.1 Å². The maximum atomic E-state index is 12.7. The van der Waals surface area contributed by atoms with Crippen molar-refractivity contribution >= 4 is 17.6 Å². The van der Waals surface area contributed by atoms with Gasteiger partial charge in [-0.3, -0.25) is 9.69 Å². The van der Waals surface area contributed by atoms with Crippen LogP contribution in [-0.4, -0.2) is 29.9 Å². The van der Waals surface area contributed by atoms with Crippen molar-refractivity contribution in [1.29, 1.82) is 0 Å². The van der Waals surface area contributed by atoms with Crippen molar-refractivity contribution in [3.8, 4) is 0 Å². The Bertz CT molecular complexity index is 829. The first-order chi connectivity index (χ1) is 14.0. The number of urea groups is 1. The lowest BCUT2D eigenvalue weighted by molar-refractivity contribution is 0.102. The Morgan fingerprint density at radius 3 is 2.41 bits per heavy atom. The fraction of sp³-hybridized carbons (Fsp3) is 0.391.